The lowest BCUT2D eigenvalue weighted by Crippen LogP contribution is -2.35. The van der Waals surface area contributed by atoms with Crippen molar-refractivity contribution < 1.29 is 27.4 Å². The predicted octanol–water partition coefficient (Wildman–Crippen LogP) is 7.17. The number of rotatable bonds is 6. The summed E-state index contributed by atoms with van der Waals surface area (Å²) in [6.07, 6.45) is -1.58. The van der Waals surface area contributed by atoms with E-state index in [2.05, 4.69) is 42.3 Å². The Bertz CT molecular complexity index is 1230. The summed E-state index contributed by atoms with van der Waals surface area (Å²) in [7, 11) is 1.36. The first-order valence-electron chi connectivity index (χ1n) is 11.9. The summed E-state index contributed by atoms with van der Waals surface area (Å²) >= 11 is 0. The maximum atomic E-state index is 12.5. The van der Waals surface area contributed by atoms with Crippen LogP contribution in [-0.2, 0) is 16.0 Å². The van der Waals surface area contributed by atoms with E-state index in [9.17, 15) is 18.0 Å². The van der Waals surface area contributed by atoms with Gasteiger partial charge in [0.25, 0.3) is 0 Å². The largest absolute Gasteiger partial charge is 0.573 e. The Morgan fingerprint density at radius 1 is 1.08 bits per heavy atom. The van der Waals surface area contributed by atoms with Crippen molar-refractivity contribution in [1.82, 2.24) is 9.55 Å². The highest BCUT2D eigenvalue weighted by molar-refractivity contribution is 5.82. The van der Waals surface area contributed by atoms with Gasteiger partial charge >= 0.3 is 12.3 Å². The van der Waals surface area contributed by atoms with Crippen LogP contribution in [0.1, 0.15) is 58.6 Å². The van der Waals surface area contributed by atoms with Crippen LogP contribution < -0.4 is 10.1 Å². The smallest absolute Gasteiger partial charge is 0.469 e. The molecule has 1 fully saturated rings. The lowest BCUT2D eigenvalue weighted by Gasteiger charge is -2.45. The van der Waals surface area contributed by atoms with Crippen molar-refractivity contribution in [2.75, 3.05) is 12.4 Å². The van der Waals surface area contributed by atoms with Crippen LogP contribution in [0.5, 0.6) is 5.75 Å². The van der Waals surface area contributed by atoms with Gasteiger partial charge in [-0.2, -0.15) is 0 Å². The number of fused-ring (bicyclic) bond motifs is 1. The highest BCUT2D eigenvalue weighted by atomic mass is 19.4. The summed E-state index contributed by atoms with van der Waals surface area (Å²) in [6.45, 7) is 9.11. The van der Waals surface area contributed by atoms with Crippen molar-refractivity contribution in [1.29, 1.82) is 0 Å². The molecule has 194 valence electrons. The average Bonchev–Trinajstić information content (AvgIpc) is 3.09. The number of methoxy groups -OCH3 is 1. The van der Waals surface area contributed by atoms with E-state index in [1.807, 2.05) is 18.2 Å². The van der Waals surface area contributed by atoms with Gasteiger partial charge in [0, 0.05) is 11.7 Å². The van der Waals surface area contributed by atoms with Gasteiger partial charge in [-0.25, -0.2) is 4.98 Å². The summed E-state index contributed by atoms with van der Waals surface area (Å²) in [5.74, 6) is -0.0166. The van der Waals surface area contributed by atoms with Crippen molar-refractivity contribution in [2.45, 2.75) is 65.8 Å². The molecule has 0 aliphatic heterocycles. The van der Waals surface area contributed by atoms with Crippen molar-refractivity contribution in [3.8, 4) is 5.75 Å². The lowest BCUT2D eigenvalue weighted by atomic mass is 9.63. The number of nitrogens with one attached hydrogen (secondary N) is 1. The molecule has 0 bridgehead atoms. The molecule has 2 aromatic carbocycles. The average molecular weight is 504 g/mol. The van der Waals surface area contributed by atoms with Gasteiger partial charge < -0.3 is 19.4 Å². The van der Waals surface area contributed by atoms with Crippen LogP contribution in [0, 0.1) is 10.8 Å². The second-order valence-electron chi connectivity index (χ2n) is 11.1. The Morgan fingerprint density at radius 2 is 1.72 bits per heavy atom. The molecule has 0 unspecified atom stereocenters. The molecule has 1 aliphatic rings. The summed E-state index contributed by atoms with van der Waals surface area (Å²) < 4.78 is 48.6. The second-order valence-corrected chi connectivity index (χ2v) is 11.1. The zero-order chi connectivity index (χ0) is 26.3. The first-order valence-corrected chi connectivity index (χ1v) is 11.9. The molecule has 0 atom stereocenters. The van der Waals surface area contributed by atoms with E-state index in [-0.39, 0.29) is 35.0 Å². The zero-order valence-corrected chi connectivity index (χ0v) is 21.2. The van der Waals surface area contributed by atoms with Gasteiger partial charge in [-0.15, -0.1) is 13.2 Å². The van der Waals surface area contributed by atoms with E-state index < -0.39 is 6.36 Å². The molecule has 36 heavy (non-hydrogen) atoms. The number of carbonyl (C=O) groups is 1. The molecule has 0 radical (unpaired) electrons. The fourth-order valence-electron chi connectivity index (χ4n) is 5.79. The number of halogens is 3. The summed E-state index contributed by atoms with van der Waals surface area (Å²) in [5, 5.41) is 3.30. The molecule has 1 heterocycles. The maximum Gasteiger partial charge on any atom is 0.573 e. The number of aromatic nitrogens is 2. The van der Waals surface area contributed by atoms with Gasteiger partial charge in [-0.3, -0.25) is 4.79 Å². The summed E-state index contributed by atoms with van der Waals surface area (Å²) in [5.41, 5.74) is 3.30. The fourth-order valence-corrected chi connectivity index (χ4v) is 5.79. The van der Waals surface area contributed by atoms with E-state index in [1.165, 1.54) is 31.4 Å². The van der Waals surface area contributed by atoms with E-state index in [4.69, 9.17) is 9.72 Å². The first kappa shape index (κ1) is 25.9. The number of imidazole rings is 1. The predicted molar refractivity (Wildman–Crippen MR) is 132 cm³/mol. The van der Waals surface area contributed by atoms with E-state index in [0.717, 1.165) is 35.9 Å². The molecule has 0 spiro atoms. The minimum Gasteiger partial charge on any atom is -0.469 e. The van der Waals surface area contributed by atoms with E-state index in [0.29, 0.717) is 11.6 Å². The van der Waals surface area contributed by atoms with Crippen LogP contribution >= 0.6 is 0 Å². The van der Waals surface area contributed by atoms with Gasteiger partial charge in [0.1, 0.15) is 5.75 Å². The van der Waals surface area contributed by atoms with Crippen LogP contribution in [0.3, 0.4) is 0 Å². The normalized spacial score (nSPS) is 17.7. The van der Waals surface area contributed by atoms with Crippen molar-refractivity contribution >= 4 is 28.6 Å². The number of hydrogen-bond acceptors (Lipinski definition) is 5. The Kier molecular flexibility index (Phi) is 6.70. The molecule has 0 amide bonds. The highest BCUT2D eigenvalue weighted by Gasteiger charge is 2.40. The maximum absolute atomic E-state index is 12.5. The summed E-state index contributed by atoms with van der Waals surface area (Å²) in [6, 6.07) is 11.5. The third-order valence-corrected chi connectivity index (χ3v) is 6.57. The molecule has 6 nitrogen and oxygen atoms in total. The van der Waals surface area contributed by atoms with E-state index in [1.54, 1.807) is 0 Å². The van der Waals surface area contributed by atoms with Crippen LogP contribution in [0.25, 0.3) is 11.0 Å². The van der Waals surface area contributed by atoms with Crippen molar-refractivity contribution in [3.63, 3.8) is 0 Å². The molecule has 9 heteroatoms. The Balaban J connectivity index is 1.73. The number of hydrogen-bond donors (Lipinski definition) is 1. The third kappa shape index (κ3) is 6.12. The molecule has 1 aromatic heterocycles. The standard InChI is InChI=1S/C27H32F3N3O3/c1-25(2)14-19(15-26(3,4)16-25)33-22-11-6-17(13-23(34)35-5)12-21(22)32-24(33)31-18-7-9-20(10-8-18)36-27(28,29)30/h6-12,19H,13-16H2,1-5H3,(H,31,32). The highest BCUT2D eigenvalue weighted by Crippen LogP contribution is 2.51. The number of alkyl halides is 3. The van der Waals surface area contributed by atoms with Gasteiger partial charge in [0.15, 0.2) is 0 Å². The minimum absolute atomic E-state index is 0.127. The molecule has 0 saturated heterocycles. The number of carbonyl (C=O) groups excluding carboxylic acids is 1. The van der Waals surface area contributed by atoms with Gasteiger partial charge in [-0.05, 0) is 72.1 Å². The summed E-state index contributed by atoms with van der Waals surface area (Å²) in [4.78, 5) is 16.6. The van der Waals surface area contributed by atoms with Gasteiger partial charge in [0.2, 0.25) is 5.95 Å². The molecular formula is C27H32F3N3O3. The Hall–Kier alpha value is -3.23. The fraction of sp³-hybridized carbons (Fsp3) is 0.481. The molecule has 1 N–H and O–H groups in total. The molecule has 3 aromatic rings. The van der Waals surface area contributed by atoms with Gasteiger partial charge in [-0.1, -0.05) is 33.8 Å². The van der Waals surface area contributed by atoms with Crippen LogP contribution in [0.2, 0.25) is 0 Å². The quantitative estimate of drug-likeness (QED) is 0.361. The third-order valence-electron chi connectivity index (χ3n) is 6.57. The number of benzene rings is 2. The first-order chi connectivity index (χ1) is 16.7. The topological polar surface area (TPSA) is 65.4 Å². The SMILES string of the molecule is COC(=O)Cc1ccc2c(c1)nc(Nc1ccc(OC(F)(F)F)cc1)n2C1CC(C)(C)CC(C)(C)C1. The Morgan fingerprint density at radius 3 is 2.31 bits per heavy atom. The van der Waals surface area contributed by atoms with Crippen molar-refractivity contribution in [3.05, 3.63) is 48.0 Å². The monoisotopic (exact) mass is 503 g/mol. The number of anilines is 2. The number of ether oxygens (including phenoxy) is 2. The second kappa shape index (κ2) is 9.33. The van der Waals surface area contributed by atoms with Crippen LogP contribution in [-0.4, -0.2) is 29.0 Å². The molecule has 1 aliphatic carbocycles. The molecular weight excluding hydrogens is 471 g/mol. The number of nitrogens with zero attached hydrogens (tertiary/aromatic N) is 2. The number of esters is 1. The van der Waals surface area contributed by atoms with Crippen molar-refractivity contribution in [2.24, 2.45) is 10.8 Å². The van der Waals surface area contributed by atoms with Crippen LogP contribution in [0.4, 0.5) is 24.8 Å². The molecule has 1 saturated carbocycles. The van der Waals surface area contributed by atoms with Crippen LogP contribution in [0.15, 0.2) is 42.5 Å². The lowest BCUT2D eigenvalue weighted by molar-refractivity contribution is -0.274. The zero-order valence-electron chi connectivity index (χ0n) is 21.2. The van der Waals surface area contributed by atoms with E-state index >= 15 is 0 Å². The minimum atomic E-state index is -4.74. The molecule has 4 rings (SSSR count). The van der Waals surface area contributed by atoms with Gasteiger partial charge in [0.05, 0.1) is 24.6 Å². The Labute approximate surface area is 208 Å².